The van der Waals surface area contributed by atoms with Crippen LogP contribution in [0.2, 0.25) is 0 Å². The van der Waals surface area contributed by atoms with Crippen molar-refractivity contribution in [3.8, 4) is 0 Å². The highest BCUT2D eigenvalue weighted by Gasteiger charge is 2.62. The Bertz CT molecular complexity index is 1650. The summed E-state index contributed by atoms with van der Waals surface area (Å²) in [7, 11) is 0. The monoisotopic (exact) mass is 1010 g/mol. The first-order valence-electron chi connectivity index (χ1n) is 26.1. The number of alkyl halides is 6. The van der Waals surface area contributed by atoms with E-state index in [1.54, 1.807) is 0 Å². The fraction of sp³-hybridized carbons (Fsp3) is 0.964. The molecule has 0 aromatic rings. The molecular formula is C56H100F6O4S2. The van der Waals surface area contributed by atoms with Gasteiger partial charge in [-0.3, -0.25) is 0 Å². The highest BCUT2D eigenvalue weighted by atomic mass is 32.1. The van der Waals surface area contributed by atoms with Gasteiger partial charge < -0.3 is 20.4 Å². The van der Waals surface area contributed by atoms with Gasteiger partial charge in [-0.2, -0.15) is 53.3 Å². The maximum absolute atomic E-state index is 12.6. The zero-order chi connectivity index (χ0) is 47.1. The fourth-order valence-corrected chi connectivity index (χ4v) is 18.2. The Hall–Kier alpha value is -0.140. The van der Waals surface area contributed by atoms with Crippen LogP contribution in [-0.4, -0.2) is 56.2 Å². The summed E-state index contributed by atoms with van der Waals surface area (Å²) >= 11 is 0. The molecule has 8 aliphatic carbocycles. The Kier molecular flexibility index (Phi) is 20.4. The SMILES string of the molecule is C.C.C[C@H](CC[C@H](O)CC(F)(F)F)[C@H]1CC[C@H]2[C@@H]3CC=C4C[C@@](C)(O)CC[C@]4(C)[C@H]3CC[C@]12C.C[C@H](CC[C@H](O)CC(F)(F)F)[C@H]1CC[C@H]2[C@@H]3CC[C@H]4C[C@@](C)(O)CC[C@]4(C)[C@H]3CC[C@]12C.S.S. The molecule has 8 aliphatic rings. The van der Waals surface area contributed by atoms with Crippen molar-refractivity contribution in [1.82, 2.24) is 0 Å². The van der Waals surface area contributed by atoms with E-state index in [1.165, 1.54) is 69.8 Å². The van der Waals surface area contributed by atoms with E-state index < -0.39 is 48.6 Å². The van der Waals surface area contributed by atoms with Crippen LogP contribution in [0.1, 0.15) is 218 Å². The van der Waals surface area contributed by atoms with E-state index in [4.69, 9.17) is 0 Å². The first-order valence-corrected chi connectivity index (χ1v) is 26.1. The average molecular weight is 1020 g/mol. The Labute approximate surface area is 424 Å². The first kappa shape index (κ1) is 62.2. The number of hydrogen-bond acceptors (Lipinski definition) is 4. The molecule has 4 N–H and O–H groups in total. The minimum Gasteiger partial charge on any atom is -0.393 e. The lowest BCUT2D eigenvalue weighted by molar-refractivity contribution is -0.155. The number of fused-ring (bicyclic) bond motifs is 10. The molecule has 402 valence electrons. The predicted molar refractivity (Wildman–Crippen MR) is 276 cm³/mol. The second-order valence-corrected chi connectivity index (χ2v) is 25.8. The number of aliphatic hydroxyl groups is 4. The van der Waals surface area contributed by atoms with Crippen molar-refractivity contribution in [2.45, 2.75) is 254 Å². The van der Waals surface area contributed by atoms with Crippen molar-refractivity contribution in [1.29, 1.82) is 0 Å². The van der Waals surface area contributed by atoms with Crippen LogP contribution in [0.4, 0.5) is 26.3 Å². The molecular weight excluding hydrogens is 915 g/mol. The average Bonchev–Trinajstić information content (AvgIpc) is 3.72. The van der Waals surface area contributed by atoms with Gasteiger partial charge in [0.25, 0.3) is 0 Å². The van der Waals surface area contributed by atoms with Gasteiger partial charge in [0, 0.05) is 0 Å². The Morgan fingerprint density at radius 1 is 0.544 bits per heavy atom. The van der Waals surface area contributed by atoms with Gasteiger partial charge in [0.1, 0.15) is 0 Å². The summed E-state index contributed by atoms with van der Waals surface area (Å²) in [5, 5.41) is 41.0. The second-order valence-electron chi connectivity index (χ2n) is 25.8. The van der Waals surface area contributed by atoms with E-state index in [0.717, 1.165) is 62.7 Å². The number of aliphatic hydroxyl groups excluding tert-OH is 2. The topological polar surface area (TPSA) is 80.9 Å². The second kappa shape index (κ2) is 22.4. The van der Waals surface area contributed by atoms with Crippen LogP contribution >= 0.6 is 27.0 Å². The lowest BCUT2D eigenvalue weighted by Crippen LogP contribution is -2.55. The first-order chi connectivity index (χ1) is 29.5. The van der Waals surface area contributed by atoms with E-state index in [2.05, 4.69) is 47.6 Å². The van der Waals surface area contributed by atoms with Crippen LogP contribution in [-0.2, 0) is 0 Å². The molecule has 0 aromatic carbocycles. The highest BCUT2D eigenvalue weighted by molar-refractivity contribution is 7.59. The molecule has 0 aromatic heterocycles. The molecule has 0 heterocycles. The summed E-state index contributed by atoms with van der Waals surface area (Å²) in [6.45, 7) is 18.3. The predicted octanol–water partition coefficient (Wildman–Crippen LogP) is 15.7. The number of halogens is 6. The minimum absolute atomic E-state index is 0. The molecule has 19 atom stereocenters. The van der Waals surface area contributed by atoms with Crippen LogP contribution in [0.15, 0.2) is 11.6 Å². The van der Waals surface area contributed by atoms with Gasteiger partial charge in [-0.1, -0.05) is 68.0 Å². The summed E-state index contributed by atoms with van der Waals surface area (Å²) < 4.78 is 75.5. The van der Waals surface area contributed by atoms with Crippen molar-refractivity contribution in [2.75, 3.05) is 0 Å². The van der Waals surface area contributed by atoms with Crippen LogP contribution in [0.5, 0.6) is 0 Å². The van der Waals surface area contributed by atoms with Gasteiger partial charge in [-0.05, 0) is 235 Å². The lowest BCUT2D eigenvalue weighted by atomic mass is 9.43. The number of allylic oxidation sites excluding steroid dienone is 1. The fourth-order valence-electron chi connectivity index (χ4n) is 18.2. The van der Waals surface area contributed by atoms with Gasteiger partial charge in [0.2, 0.25) is 0 Å². The maximum atomic E-state index is 12.6. The quantitative estimate of drug-likeness (QED) is 0.130. The molecule has 0 spiro atoms. The third-order valence-corrected chi connectivity index (χ3v) is 21.7. The molecule has 12 heteroatoms. The van der Waals surface area contributed by atoms with Crippen molar-refractivity contribution >= 4 is 27.0 Å². The summed E-state index contributed by atoms with van der Waals surface area (Å²) in [6, 6.07) is 0. The minimum atomic E-state index is -4.29. The number of rotatable bonds is 10. The highest BCUT2D eigenvalue weighted by Crippen LogP contribution is 2.70. The van der Waals surface area contributed by atoms with E-state index in [9.17, 15) is 46.8 Å². The van der Waals surface area contributed by atoms with Gasteiger partial charge in [0.05, 0.1) is 36.3 Å². The zero-order valence-electron chi connectivity index (χ0n) is 41.9. The van der Waals surface area contributed by atoms with E-state index in [0.29, 0.717) is 71.0 Å². The molecule has 68 heavy (non-hydrogen) atoms. The van der Waals surface area contributed by atoms with E-state index in [-0.39, 0.29) is 65.5 Å². The van der Waals surface area contributed by atoms with Crippen molar-refractivity contribution < 1.29 is 46.8 Å². The van der Waals surface area contributed by atoms with Crippen molar-refractivity contribution in [3.63, 3.8) is 0 Å². The Balaban J connectivity index is 0.000000340. The molecule has 7 saturated carbocycles. The Morgan fingerprint density at radius 2 is 1.00 bits per heavy atom. The molecule has 0 saturated heterocycles. The van der Waals surface area contributed by atoms with Crippen LogP contribution in [0, 0.1) is 86.8 Å². The normalized spacial score (nSPS) is 44.4. The van der Waals surface area contributed by atoms with Crippen molar-refractivity contribution in [3.05, 3.63) is 11.6 Å². The summed E-state index contributed by atoms with van der Waals surface area (Å²) in [5.41, 5.74) is 1.56. The molecule has 7 fully saturated rings. The number of hydrogen-bond donors (Lipinski definition) is 4. The summed E-state index contributed by atoms with van der Waals surface area (Å²) in [6.07, 6.45) is 10.3. The van der Waals surface area contributed by atoms with E-state index in [1.807, 2.05) is 13.8 Å². The Morgan fingerprint density at radius 3 is 1.50 bits per heavy atom. The summed E-state index contributed by atoms with van der Waals surface area (Å²) in [4.78, 5) is 0. The largest absolute Gasteiger partial charge is 0.393 e. The molecule has 0 bridgehead atoms. The summed E-state index contributed by atoms with van der Waals surface area (Å²) in [5.74, 6) is 6.78. The molecule has 0 radical (unpaired) electrons. The van der Waals surface area contributed by atoms with Gasteiger partial charge in [-0.25, -0.2) is 0 Å². The van der Waals surface area contributed by atoms with Crippen LogP contribution in [0.25, 0.3) is 0 Å². The van der Waals surface area contributed by atoms with Crippen LogP contribution in [0.3, 0.4) is 0 Å². The smallest absolute Gasteiger partial charge is 0.391 e. The molecule has 0 aliphatic heterocycles. The third-order valence-electron chi connectivity index (χ3n) is 21.7. The van der Waals surface area contributed by atoms with Crippen molar-refractivity contribution in [2.24, 2.45) is 86.8 Å². The lowest BCUT2D eigenvalue weighted by Gasteiger charge is -2.62. The standard InChI is InChI=1S/C27H45F3O2.C27H43F3O2.2CH4.2H2S/c2*1-17(5-7-19(31)16-27(28,29)30)21-9-10-22-20-8-6-18-15-24(2,32)13-14-25(18,3)23(20)11-12-26(21,22)4;;;;/h17-23,31-32H,5-16H2,1-4H3;6,17,19-23,31-32H,5,7-16H2,1-4H3;2*1H4;2*1H2/t17-,18+,19+,20+,21-,22+,23+,24+,25+,26-;17-,19+,20+,21-,22+,23+,24+,25+,26-;;;;/m11..../s1. The van der Waals surface area contributed by atoms with Gasteiger partial charge >= 0.3 is 12.4 Å². The molecule has 0 unspecified atom stereocenters. The zero-order valence-corrected chi connectivity index (χ0v) is 43.9. The molecule has 4 nitrogen and oxygen atoms in total. The maximum Gasteiger partial charge on any atom is 0.391 e. The molecule has 8 rings (SSSR count). The third kappa shape index (κ3) is 12.7. The van der Waals surface area contributed by atoms with Gasteiger partial charge in [-0.15, -0.1) is 0 Å². The van der Waals surface area contributed by atoms with Crippen LogP contribution < -0.4 is 0 Å². The van der Waals surface area contributed by atoms with Gasteiger partial charge in [0.15, 0.2) is 0 Å². The van der Waals surface area contributed by atoms with E-state index >= 15 is 0 Å². The molecule has 0 amide bonds.